The van der Waals surface area contributed by atoms with Crippen LogP contribution in [0.3, 0.4) is 0 Å². The molecule has 5 heteroatoms. The van der Waals surface area contributed by atoms with E-state index in [4.69, 9.17) is 10.5 Å². The van der Waals surface area contributed by atoms with Crippen molar-refractivity contribution in [1.82, 2.24) is 0 Å². The maximum Gasteiger partial charge on any atom is 0.248 e. The van der Waals surface area contributed by atoms with Gasteiger partial charge in [-0.15, -0.1) is 0 Å². The molecular weight excluding hydrogens is 208 g/mol. The first-order valence-corrected chi connectivity index (χ1v) is 5.09. The number of hydrogen-bond acceptors (Lipinski definition) is 4. The number of aliphatic hydroxyl groups excluding tert-OH is 1. The van der Waals surface area contributed by atoms with E-state index in [0.29, 0.717) is 18.8 Å². The highest BCUT2D eigenvalue weighted by atomic mass is 16.5. The van der Waals surface area contributed by atoms with Crippen molar-refractivity contribution in [1.29, 1.82) is 0 Å². The van der Waals surface area contributed by atoms with Gasteiger partial charge >= 0.3 is 0 Å². The molecule has 1 heterocycles. The quantitative estimate of drug-likeness (QED) is 0.669. The van der Waals surface area contributed by atoms with Gasteiger partial charge in [-0.25, -0.2) is 0 Å². The number of carbonyl (C=O) groups excluding carboxylic acids is 1. The molecule has 0 spiro atoms. The highest BCUT2D eigenvalue weighted by Gasteiger charge is 2.25. The Morgan fingerprint density at radius 2 is 2.31 bits per heavy atom. The van der Waals surface area contributed by atoms with Gasteiger partial charge in [0.1, 0.15) is 0 Å². The first-order chi connectivity index (χ1) is 7.66. The SMILES string of the molecule is NC(=O)c1cccc(NC2COCC2O)c1. The Bertz CT molecular complexity index is 395. The number of anilines is 1. The van der Waals surface area contributed by atoms with Crippen molar-refractivity contribution in [3.05, 3.63) is 29.8 Å². The summed E-state index contributed by atoms with van der Waals surface area (Å²) in [5.74, 6) is -0.466. The molecule has 5 nitrogen and oxygen atoms in total. The van der Waals surface area contributed by atoms with Crippen molar-refractivity contribution in [2.24, 2.45) is 5.73 Å². The lowest BCUT2D eigenvalue weighted by molar-refractivity contribution is 0.100. The van der Waals surface area contributed by atoms with Crippen LogP contribution in [-0.2, 0) is 4.74 Å². The number of nitrogens with one attached hydrogen (secondary N) is 1. The molecule has 0 saturated carbocycles. The number of aliphatic hydroxyl groups is 1. The largest absolute Gasteiger partial charge is 0.388 e. The van der Waals surface area contributed by atoms with Crippen molar-refractivity contribution in [2.45, 2.75) is 12.1 Å². The second-order valence-electron chi connectivity index (χ2n) is 3.80. The molecule has 4 N–H and O–H groups in total. The van der Waals surface area contributed by atoms with Crippen molar-refractivity contribution in [3.8, 4) is 0 Å². The van der Waals surface area contributed by atoms with E-state index in [1.807, 2.05) is 6.07 Å². The molecule has 0 radical (unpaired) electrons. The number of primary amides is 1. The summed E-state index contributed by atoms with van der Waals surface area (Å²) in [6.07, 6.45) is -0.516. The van der Waals surface area contributed by atoms with Crippen LogP contribution in [0.2, 0.25) is 0 Å². The van der Waals surface area contributed by atoms with Gasteiger partial charge in [0.05, 0.1) is 25.4 Å². The molecule has 16 heavy (non-hydrogen) atoms. The fraction of sp³-hybridized carbons (Fsp3) is 0.364. The summed E-state index contributed by atoms with van der Waals surface area (Å²) < 4.78 is 5.12. The average Bonchev–Trinajstić information content (AvgIpc) is 2.65. The van der Waals surface area contributed by atoms with Gasteiger partial charge in [0.2, 0.25) is 5.91 Å². The molecular formula is C11H14N2O3. The molecule has 0 aromatic heterocycles. The third kappa shape index (κ3) is 2.32. The molecule has 2 atom stereocenters. The van der Waals surface area contributed by atoms with Crippen LogP contribution in [0, 0.1) is 0 Å². The molecule has 2 rings (SSSR count). The molecule has 1 aromatic carbocycles. The summed E-state index contributed by atoms with van der Waals surface area (Å²) in [7, 11) is 0. The Labute approximate surface area is 93.2 Å². The van der Waals surface area contributed by atoms with Crippen LogP contribution in [0.1, 0.15) is 10.4 Å². The van der Waals surface area contributed by atoms with Crippen LogP contribution in [0.25, 0.3) is 0 Å². The van der Waals surface area contributed by atoms with Crippen LogP contribution >= 0.6 is 0 Å². The van der Waals surface area contributed by atoms with Crippen molar-refractivity contribution < 1.29 is 14.6 Å². The number of nitrogens with two attached hydrogens (primary N) is 1. The maximum atomic E-state index is 11.0. The van der Waals surface area contributed by atoms with Crippen LogP contribution in [0.5, 0.6) is 0 Å². The van der Waals surface area contributed by atoms with Gasteiger partial charge in [-0.05, 0) is 18.2 Å². The number of carbonyl (C=O) groups is 1. The van der Waals surface area contributed by atoms with Crippen molar-refractivity contribution >= 4 is 11.6 Å². The first kappa shape index (κ1) is 10.9. The van der Waals surface area contributed by atoms with Gasteiger partial charge < -0.3 is 20.9 Å². The van der Waals surface area contributed by atoms with E-state index in [-0.39, 0.29) is 6.04 Å². The smallest absolute Gasteiger partial charge is 0.248 e. The number of amides is 1. The van der Waals surface area contributed by atoms with Gasteiger partial charge in [-0.2, -0.15) is 0 Å². The predicted octanol–water partition coefficient (Wildman–Crippen LogP) is -0.0429. The van der Waals surface area contributed by atoms with Crippen LogP contribution in [0.4, 0.5) is 5.69 Å². The molecule has 1 aliphatic heterocycles. The molecule has 1 saturated heterocycles. The number of benzene rings is 1. The first-order valence-electron chi connectivity index (χ1n) is 5.09. The Balaban J connectivity index is 2.09. The minimum Gasteiger partial charge on any atom is -0.388 e. The van der Waals surface area contributed by atoms with Crippen LogP contribution < -0.4 is 11.1 Å². The Kier molecular flexibility index (Phi) is 3.07. The van der Waals surface area contributed by atoms with E-state index in [1.165, 1.54) is 0 Å². The predicted molar refractivity (Wildman–Crippen MR) is 59.2 cm³/mol. The summed E-state index contributed by atoms with van der Waals surface area (Å²) in [5, 5.41) is 12.7. The summed E-state index contributed by atoms with van der Waals surface area (Å²) in [4.78, 5) is 11.0. The Hall–Kier alpha value is -1.59. The van der Waals surface area contributed by atoms with E-state index >= 15 is 0 Å². The number of ether oxygens (including phenoxy) is 1. The van der Waals surface area contributed by atoms with Crippen LogP contribution in [0.15, 0.2) is 24.3 Å². The Morgan fingerprint density at radius 3 is 2.94 bits per heavy atom. The fourth-order valence-corrected chi connectivity index (χ4v) is 1.66. The molecule has 1 aliphatic rings. The molecule has 1 fully saturated rings. The molecule has 2 unspecified atom stereocenters. The maximum absolute atomic E-state index is 11.0. The van der Waals surface area contributed by atoms with E-state index < -0.39 is 12.0 Å². The monoisotopic (exact) mass is 222 g/mol. The molecule has 0 aliphatic carbocycles. The van der Waals surface area contributed by atoms with Gasteiger partial charge in [0.25, 0.3) is 0 Å². The summed E-state index contributed by atoms with van der Waals surface area (Å²) in [6, 6.07) is 6.73. The summed E-state index contributed by atoms with van der Waals surface area (Å²) in [6.45, 7) is 0.801. The Morgan fingerprint density at radius 1 is 1.50 bits per heavy atom. The second-order valence-corrected chi connectivity index (χ2v) is 3.80. The highest BCUT2D eigenvalue weighted by molar-refractivity contribution is 5.93. The summed E-state index contributed by atoms with van der Waals surface area (Å²) >= 11 is 0. The fourth-order valence-electron chi connectivity index (χ4n) is 1.66. The molecule has 86 valence electrons. The zero-order chi connectivity index (χ0) is 11.5. The van der Waals surface area contributed by atoms with Gasteiger partial charge in [0, 0.05) is 11.3 Å². The van der Waals surface area contributed by atoms with Crippen LogP contribution in [-0.4, -0.2) is 36.4 Å². The molecule has 1 amide bonds. The van der Waals surface area contributed by atoms with E-state index in [0.717, 1.165) is 5.69 Å². The third-order valence-electron chi connectivity index (χ3n) is 2.55. The minimum atomic E-state index is -0.516. The zero-order valence-electron chi connectivity index (χ0n) is 8.72. The van der Waals surface area contributed by atoms with Gasteiger partial charge in [-0.1, -0.05) is 6.07 Å². The van der Waals surface area contributed by atoms with E-state index in [2.05, 4.69) is 5.32 Å². The van der Waals surface area contributed by atoms with Gasteiger partial charge in [-0.3, -0.25) is 4.79 Å². The summed E-state index contributed by atoms with van der Waals surface area (Å²) in [5.41, 5.74) is 6.38. The molecule has 0 bridgehead atoms. The number of hydrogen-bond donors (Lipinski definition) is 3. The van der Waals surface area contributed by atoms with Crippen molar-refractivity contribution in [2.75, 3.05) is 18.5 Å². The van der Waals surface area contributed by atoms with Crippen molar-refractivity contribution in [3.63, 3.8) is 0 Å². The third-order valence-corrected chi connectivity index (χ3v) is 2.55. The lowest BCUT2D eigenvalue weighted by Crippen LogP contribution is -2.31. The minimum absolute atomic E-state index is 0.136. The second kappa shape index (κ2) is 4.51. The average molecular weight is 222 g/mol. The topological polar surface area (TPSA) is 84.6 Å². The van der Waals surface area contributed by atoms with E-state index in [9.17, 15) is 9.90 Å². The van der Waals surface area contributed by atoms with E-state index in [1.54, 1.807) is 18.2 Å². The molecule has 1 aromatic rings. The standard InChI is InChI=1S/C11H14N2O3/c12-11(15)7-2-1-3-8(4-7)13-9-5-16-6-10(9)14/h1-4,9-10,13-14H,5-6H2,(H2,12,15). The normalized spacial score (nSPS) is 24.3. The lowest BCUT2D eigenvalue weighted by Gasteiger charge is -2.16. The highest BCUT2D eigenvalue weighted by Crippen LogP contribution is 2.15. The lowest BCUT2D eigenvalue weighted by atomic mass is 10.1. The zero-order valence-corrected chi connectivity index (χ0v) is 8.72. The van der Waals surface area contributed by atoms with Gasteiger partial charge in [0.15, 0.2) is 0 Å². The number of rotatable bonds is 3.